The first-order valence-electron chi connectivity index (χ1n) is 5.89. The Labute approximate surface area is 115 Å². The Bertz CT molecular complexity index is 582. The van der Waals surface area contributed by atoms with E-state index in [1.165, 1.54) is 23.5 Å². The predicted molar refractivity (Wildman–Crippen MR) is 73.6 cm³/mol. The van der Waals surface area contributed by atoms with Crippen LogP contribution in [0.5, 0.6) is 0 Å². The van der Waals surface area contributed by atoms with Gasteiger partial charge in [-0.05, 0) is 23.6 Å². The average molecular weight is 274 g/mol. The first-order valence-corrected chi connectivity index (χ1v) is 6.71. The summed E-state index contributed by atoms with van der Waals surface area (Å²) in [4.78, 5) is 19.7. The van der Waals surface area contributed by atoms with E-state index >= 15 is 0 Å². The molecule has 98 valence electrons. The monoisotopic (exact) mass is 274 g/mol. The molecule has 19 heavy (non-hydrogen) atoms. The number of aromatic nitrogens is 2. The lowest BCUT2D eigenvalue weighted by atomic mass is 10.0. The fourth-order valence-corrected chi connectivity index (χ4v) is 2.31. The van der Waals surface area contributed by atoms with Crippen molar-refractivity contribution in [2.75, 3.05) is 0 Å². The van der Waals surface area contributed by atoms with E-state index in [0.717, 1.165) is 4.90 Å². The third kappa shape index (κ3) is 3.54. The van der Waals surface area contributed by atoms with E-state index in [-0.39, 0.29) is 5.69 Å². The molecule has 1 aromatic heterocycles. The summed E-state index contributed by atoms with van der Waals surface area (Å²) in [6.45, 7) is 4.29. The van der Waals surface area contributed by atoms with Crippen molar-refractivity contribution < 1.29 is 9.90 Å². The standard InChI is InChI=1S/C14H14N2O2S/c1-9(2)10-3-5-11(6-4-10)19-13-8-15-7-12(16-13)14(17)18/h3-9H,1-2H3,(H,17,18). The second-order valence-corrected chi connectivity index (χ2v) is 5.47. The summed E-state index contributed by atoms with van der Waals surface area (Å²) in [5.41, 5.74) is 1.23. The van der Waals surface area contributed by atoms with Gasteiger partial charge in [-0.2, -0.15) is 0 Å². The van der Waals surface area contributed by atoms with Crippen LogP contribution < -0.4 is 0 Å². The van der Waals surface area contributed by atoms with Crippen LogP contribution in [0.4, 0.5) is 0 Å². The predicted octanol–water partition coefficient (Wildman–Crippen LogP) is 3.45. The van der Waals surface area contributed by atoms with Gasteiger partial charge in [-0.3, -0.25) is 4.98 Å². The molecule has 4 nitrogen and oxygen atoms in total. The Morgan fingerprint density at radius 3 is 2.47 bits per heavy atom. The Morgan fingerprint density at radius 2 is 1.89 bits per heavy atom. The first-order chi connectivity index (χ1) is 9.06. The minimum atomic E-state index is -1.06. The van der Waals surface area contributed by atoms with E-state index in [4.69, 9.17) is 5.11 Å². The van der Waals surface area contributed by atoms with E-state index in [1.807, 2.05) is 12.1 Å². The molecule has 1 N–H and O–H groups in total. The zero-order chi connectivity index (χ0) is 13.8. The number of hydrogen-bond donors (Lipinski definition) is 1. The molecule has 2 rings (SSSR count). The maximum Gasteiger partial charge on any atom is 0.356 e. The van der Waals surface area contributed by atoms with Crippen molar-refractivity contribution in [2.45, 2.75) is 29.7 Å². The van der Waals surface area contributed by atoms with E-state index in [9.17, 15) is 4.79 Å². The highest BCUT2D eigenvalue weighted by Gasteiger charge is 2.07. The van der Waals surface area contributed by atoms with E-state index < -0.39 is 5.97 Å². The third-order valence-corrected chi connectivity index (χ3v) is 3.51. The van der Waals surface area contributed by atoms with Gasteiger partial charge in [-0.1, -0.05) is 37.7 Å². The van der Waals surface area contributed by atoms with Crippen LogP contribution >= 0.6 is 11.8 Å². The van der Waals surface area contributed by atoms with Crippen LogP contribution in [0.15, 0.2) is 46.6 Å². The van der Waals surface area contributed by atoms with Crippen molar-refractivity contribution in [3.05, 3.63) is 47.9 Å². The van der Waals surface area contributed by atoms with Crippen LogP contribution in [0.3, 0.4) is 0 Å². The lowest BCUT2D eigenvalue weighted by Gasteiger charge is -2.06. The molecule has 0 amide bonds. The van der Waals surface area contributed by atoms with Gasteiger partial charge in [0.25, 0.3) is 0 Å². The number of rotatable bonds is 4. The maximum atomic E-state index is 10.8. The fourth-order valence-electron chi connectivity index (χ4n) is 1.54. The van der Waals surface area contributed by atoms with Gasteiger partial charge in [-0.15, -0.1) is 0 Å². The van der Waals surface area contributed by atoms with Gasteiger partial charge < -0.3 is 5.11 Å². The molecule has 0 aliphatic rings. The SMILES string of the molecule is CC(C)c1ccc(Sc2cncc(C(=O)O)n2)cc1. The van der Waals surface area contributed by atoms with Crippen LogP contribution in [-0.2, 0) is 0 Å². The highest BCUT2D eigenvalue weighted by Crippen LogP contribution is 2.27. The normalized spacial score (nSPS) is 10.7. The third-order valence-electron chi connectivity index (χ3n) is 2.60. The number of carbonyl (C=O) groups is 1. The van der Waals surface area contributed by atoms with Crippen LogP contribution in [0.1, 0.15) is 35.8 Å². The number of nitrogens with zero attached hydrogens (tertiary/aromatic N) is 2. The van der Waals surface area contributed by atoms with Gasteiger partial charge in [0.15, 0.2) is 5.69 Å². The number of benzene rings is 1. The molecule has 1 aromatic carbocycles. The molecule has 1 heterocycles. The van der Waals surface area contributed by atoms with Gasteiger partial charge in [0.1, 0.15) is 5.03 Å². The number of hydrogen-bond acceptors (Lipinski definition) is 4. The van der Waals surface area contributed by atoms with Gasteiger partial charge in [-0.25, -0.2) is 9.78 Å². The maximum absolute atomic E-state index is 10.8. The second-order valence-electron chi connectivity index (χ2n) is 4.37. The van der Waals surface area contributed by atoms with Crippen molar-refractivity contribution in [3.8, 4) is 0 Å². The van der Waals surface area contributed by atoms with Crippen molar-refractivity contribution in [1.29, 1.82) is 0 Å². The molecular formula is C14H14N2O2S. The Morgan fingerprint density at radius 1 is 1.21 bits per heavy atom. The second kappa shape index (κ2) is 5.84. The average Bonchev–Trinajstić information content (AvgIpc) is 2.39. The zero-order valence-corrected chi connectivity index (χ0v) is 11.5. The van der Waals surface area contributed by atoms with Gasteiger partial charge in [0.2, 0.25) is 0 Å². The Balaban J connectivity index is 2.16. The lowest BCUT2D eigenvalue weighted by Crippen LogP contribution is -2.01. The number of carboxylic acids is 1. The molecule has 0 aliphatic heterocycles. The highest BCUT2D eigenvalue weighted by molar-refractivity contribution is 7.99. The van der Waals surface area contributed by atoms with Crippen molar-refractivity contribution in [2.24, 2.45) is 0 Å². The molecule has 0 unspecified atom stereocenters. The summed E-state index contributed by atoms with van der Waals surface area (Å²) in [5.74, 6) is -0.570. The number of carboxylic acid groups (broad SMARTS) is 1. The molecule has 0 saturated carbocycles. The molecular weight excluding hydrogens is 260 g/mol. The molecule has 0 saturated heterocycles. The van der Waals surface area contributed by atoms with Crippen LogP contribution in [-0.4, -0.2) is 21.0 Å². The lowest BCUT2D eigenvalue weighted by molar-refractivity contribution is 0.0689. The van der Waals surface area contributed by atoms with Crippen molar-refractivity contribution in [3.63, 3.8) is 0 Å². The number of aromatic carboxylic acids is 1. The summed E-state index contributed by atoms with van der Waals surface area (Å²) >= 11 is 1.40. The smallest absolute Gasteiger partial charge is 0.356 e. The Kier molecular flexibility index (Phi) is 4.16. The molecule has 0 fully saturated rings. The summed E-state index contributed by atoms with van der Waals surface area (Å²) in [7, 11) is 0. The van der Waals surface area contributed by atoms with Crippen molar-refractivity contribution in [1.82, 2.24) is 9.97 Å². The molecule has 0 bridgehead atoms. The largest absolute Gasteiger partial charge is 0.476 e. The summed E-state index contributed by atoms with van der Waals surface area (Å²) < 4.78 is 0. The molecule has 0 radical (unpaired) electrons. The Hall–Kier alpha value is -1.88. The zero-order valence-electron chi connectivity index (χ0n) is 10.7. The minimum absolute atomic E-state index is 0.0381. The highest BCUT2D eigenvalue weighted by atomic mass is 32.2. The summed E-state index contributed by atoms with van der Waals surface area (Å²) in [6, 6.07) is 8.16. The van der Waals surface area contributed by atoms with Crippen LogP contribution in [0, 0.1) is 0 Å². The van der Waals surface area contributed by atoms with E-state index in [1.54, 1.807) is 6.20 Å². The quantitative estimate of drug-likeness (QED) is 0.925. The van der Waals surface area contributed by atoms with Gasteiger partial charge in [0.05, 0.1) is 12.4 Å². The molecule has 0 aliphatic carbocycles. The molecule has 0 atom stereocenters. The molecule has 0 spiro atoms. The fraction of sp³-hybridized carbons (Fsp3) is 0.214. The van der Waals surface area contributed by atoms with Gasteiger partial charge in [0, 0.05) is 4.90 Å². The van der Waals surface area contributed by atoms with Gasteiger partial charge >= 0.3 is 5.97 Å². The minimum Gasteiger partial charge on any atom is -0.476 e. The summed E-state index contributed by atoms with van der Waals surface area (Å²) in [6.07, 6.45) is 2.81. The van der Waals surface area contributed by atoms with E-state index in [0.29, 0.717) is 10.9 Å². The van der Waals surface area contributed by atoms with Crippen molar-refractivity contribution >= 4 is 17.7 Å². The van der Waals surface area contributed by atoms with Crippen LogP contribution in [0.2, 0.25) is 0 Å². The molecule has 5 heteroatoms. The first kappa shape index (κ1) is 13.5. The molecule has 2 aromatic rings. The van der Waals surface area contributed by atoms with Crippen LogP contribution in [0.25, 0.3) is 0 Å². The summed E-state index contributed by atoms with van der Waals surface area (Å²) in [5, 5.41) is 9.44. The topological polar surface area (TPSA) is 63.1 Å². The van der Waals surface area contributed by atoms with E-state index in [2.05, 4.69) is 35.9 Å².